The molecule has 0 radical (unpaired) electrons. The third-order valence-corrected chi connectivity index (χ3v) is 5.96. The molecule has 0 aliphatic heterocycles. The van der Waals surface area contributed by atoms with Crippen LogP contribution < -0.4 is 10.9 Å². The van der Waals surface area contributed by atoms with Gasteiger partial charge in [-0.25, -0.2) is 0 Å². The normalized spacial score (nSPS) is 13.3. The summed E-state index contributed by atoms with van der Waals surface area (Å²) in [5.41, 5.74) is 5.56. The smallest absolute Gasteiger partial charge is 0.270 e. The van der Waals surface area contributed by atoms with Gasteiger partial charge < -0.3 is 9.88 Å². The van der Waals surface area contributed by atoms with E-state index in [1.165, 1.54) is 0 Å². The third kappa shape index (κ3) is 3.45. The fourth-order valence-electron chi connectivity index (χ4n) is 3.99. The van der Waals surface area contributed by atoms with Crippen molar-refractivity contribution in [2.75, 3.05) is 0 Å². The van der Waals surface area contributed by atoms with Crippen LogP contribution in [0.1, 0.15) is 34.5 Å². The minimum Gasteiger partial charge on any atom is -0.348 e. The molecule has 3 aromatic heterocycles. The van der Waals surface area contributed by atoms with Crippen molar-refractivity contribution in [3.05, 3.63) is 76.0 Å². The molecule has 7 nitrogen and oxygen atoms in total. The van der Waals surface area contributed by atoms with Crippen molar-refractivity contribution in [2.45, 2.75) is 32.7 Å². The van der Waals surface area contributed by atoms with Crippen LogP contribution in [0.25, 0.3) is 33.3 Å². The van der Waals surface area contributed by atoms with Gasteiger partial charge in [0.2, 0.25) is 0 Å². The fourth-order valence-corrected chi connectivity index (χ4v) is 3.99. The second-order valence-corrected chi connectivity index (χ2v) is 8.37. The molecule has 0 unspecified atom stereocenters. The summed E-state index contributed by atoms with van der Waals surface area (Å²) in [7, 11) is 1.74. The fraction of sp³-hybridized carbons (Fsp3) is 0.240. The molecule has 4 aromatic rings. The van der Waals surface area contributed by atoms with E-state index in [4.69, 9.17) is 0 Å². The third-order valence-electron chi connectivity index (χ3n) is 5.96. The molecule has 32 heavy (non-hydrogen) atoms. The Balaban J connectivity index is 1.69. The quantitative estimate of drug-likeness (QED) is 0.540. The number of nitrogens with one attached hydrogen (secondary N) is 1. The molecule has 1 aliphatic rings. The maximum absolute atomic E-state index is 13.5. The molecule has 0 saturated heterocycles. The van der Waals surface area contributed by atoms with Crippen LogP contribution in [0.3, 0.4) is 0 Å². The average molecular weight is 425 g/mol. The first kappa shape index (κ1) is 20.1. The molecule has 1 N–H and O–H groups in total. The number of carbonyl (C=O) groups excluding carboxylic acids is 1. The molecule has 0 bridgehead atoms. The molecule has 1 saturated carbocycles. The molecular weight excluding hydrogens is 402 g/mol. The van der Waals surface area contributed by atoms with Crippen LogP contribution in [0.2, 0.25) is 0 Å². The summed E-state index contributed by atoms with van der Waals surface area (Å²) in [6, 6.07) is 11.7. The van der Waals surface area contributed by atoms with Crippen LogP contribution in [0, 0.1) is 13.8 Å². The number of hydrogen-bond donors (Lipinski definition) is 1. The largest absolute Gasteiger partial charge is 0.348 e. The Morgan fingerprint density at radius 1 is 1.03 bits per heavy atom. The van der Waals surface area contributed by atoms with E-state index in [2.05, 4.69) is 20.5 Å². The monoisotopic (exact) mass is 425 g/mol. The summed E-state index contributed by atoms with van der Waals surface area (Å²) >= 11 is 0. The van der Waals surface area contributed by atoms with Gasteiger partial charge in [-0.1, -0.05) is 24.3 Å². The number of hydrogen-bond acceptors (Lipinski definition) is 5. The Bertz CT molecular complexity index is 1440. The molecule has 1 amide bonds. The molecule has 0 spiro atoms. The molecule has 1 aliphatic carbocycles. The van der Waals surface area contributed by atoms with Crippen molar-refractivity contribution in [1.29, 1.82) is 0 Å². The van der Waals surface area contributed by atoms with Crippen LogP contribution in [0.5, 0.6) is 0 Å². The van der Waals surface area contributed by atoms with E-state index in [1.54, 1.807) is 30.1 Å². The van der Waals surface area contributed by atoms with E-state index in [0.29, 0.717) is 22.5 Å². The maximum atomic E-state index is 13.5. The number of aryl methyl sites for hydroxylation is 3. The summed E-state index contributed by atoms with van der Waals surface area (Å²) in [5.74, 6) is -0.209. The molecule has 1 fully saturated rings. The second kappa shape index (κ2) is 7.67. The first-order valence-electron chi connectivity index (χ1n) is 10.6. The Kier molecular flexibility index (Phi) is 4.81. The van der Waals surface area contributed by atoms with Crippen LogP contribution in [-0.4, -0.2) is 31.7 Å². The van der Waals surface area contributed by atoms with E-state index in [0.717, 1.165) is 40.4 Å². The van der Waals surface area contributed by atoms with Crippen molar-refractivity contribution >= 4 is 16.8 Å². The zero-order chi connectivity index (χ0) is 22.4. The van der Waals surface area contributed by atoms with Gasteiger partial charge in [-0.3, -0.25) is 14.6 Å². The molecule has 3 heterocycles. The highest BCUT2D eigenvalue weighted by molar-refractivity contribution is 5.96. The van der Waals surface area contributed by atoms with Gasteiger partial charge in [0.1, 0.15) is 11.4 Å². The first-order valence-corrected chi connectivity index (χ1v) is 10.6. The minimum atomic E-state index is -0.209. The van der Waals surface area contributed by atoms with Crippen molar-refractivity contribution in [3.63, 3.8) is 0 Å². The summed E-state index contributed by atoms with van der Waals surface area (Å²) < 4.78 is 1.62. The number of fused-ring (bicyclic) bond motifs is 1. The van der Waals surface area contributed by atoms with E-state index in [-0.39, 0.29) is 17.5 Å². The summed E-state index contributed by atoms with van der Waals surface area (Å²) in [6.07, 6.45) is 5.31. The van der Waals surface area contributed by atoms with Gasteiger partial charge in [0.15, 0.2) is 0 Å². The van der Waals surface area contributed by atoms with Crippen molar-refractivity contribution in [2.24, 2.45) is 7.05 Å². The van der Waals surface area contributed by atoms with Crippen molar-refractivity contribution < 1.29 is 4.79 Å². The lowest BCUT2D eigenvalue weighted by Crippen LogP contribution is -2.26. The second-order valence-electron chi connectivity index (χ2n) is 8.37. The Morgan fingerprint density at radius 3 is 2.56 bits per heavy atom. The van der Waals surface area contributed by atoms with Gasteiger partial charge >= 0.3 is 0 Å². The standard InChI is InChI=1S/C25H23N5O2/c1-14-6-4-5-7-18(14)22-23-16(13-27-29-22)10-20(25(32)30(23)3)19-11-21(26-12-15(19)2)24(31)28-17-8-9-17/h4-7,10-13,17H,8-9H2,1-3H3,(H,28,31). The van der Waals surface area contributed by atoms with Crippen molar-refractivity contribution in [1.82, 2.24) is 25.1 Å². The maximum Gasteiger partial charge on any atom is 0.270 e. The van der Waals surface area contributed by atoms with Crippen LogP contribution >= 0.6 is 0 Å². The van der Waals surface area contributed by atoms with E-state index in [1.807, 2.05) is 44.2 Å². The predicted octanol–water partition coefficient (Wildman–Crippen LogP) is 3.57. The number of benzene rings is 1. The zero-order valence-electron chi connectivity index (χ0n) is 18.2. The van der Waals surface area contributed by atoms with Gasteiger partial charge in [-0.05, 0) is 55.5 Å². The summed E-state index contributed by atoms with van der Waals surface area (Å²) in [5, 5.41) is 12.3. The number of nitrogens with zero attached hydrogens (tertiary/aromatic N) is 4. The lowest BCUT2D eigenvalue weighted by Gasteiger charge is -2.14. The van der Waals surface area contributed by atoms with Crippen LogP contribution in [0.4, 0.5) is 0 Å². The highest BCUT2D eigenvalue weighted by Gasteiger charge is 2.25. The zero-order valence-corrected chi connectivity index (χ0v) is 18.2. The number of rotatable bonds is 4. The molecule has 160 valence electrons. The Labute approximate surface area is 185 Å². The molecule has 0 atom stereocenters. The average Bonchev–Trinajstić information content (AvgIpc) is 3.60. The molecule has 1 aromatic carbocycles. The SMILES string of the molecule is Cc1cnc(C(=O)NC2CC2)cc1-c1cc2cnnc(-c3ccccc3C)c2n(C)c1=O. The van der Waals surface area contributed by atoms with E-state index < -0.39 is 0 Å². The number of pyridine rings is 2. The molecule has 7 heteroatoms. The van der Waals surface area contributed by atoms with E-state index in [9.17, 15) is 9.59 Å². The van der Waals surface area contributed by atoms with Gasteiger partial charge in [0.25, 0.3) is 11.5 Å². The van der Waals surface area contributed by atoms with Gasteiger partial charge in [-0.15, -0.1) is 5.10 Å². The predicted molar refractivity (Wildman–Crippen MR) is 123 cm³/mol. The first-order chi connectivity index (χ1) is 15.4. The highest BCUT2D eigenvalue weighted by Crippen LogP contribution is 2.30. The Hall–Kier alpha value is -3.87. The minimum absolute atomic E-state index is 0.164. The van der Waals surface area contributed by atoms with Gasteiger partial charge in [0, 0.05) is 35.8 Å². The highest BCUT2D eigenvalue weighted by atomic mass is 16.2. The molecular formula is C25H23N5O2. The summed E-state index contributed by atoms with van der Waals surface area (Å²) in [6.45, 7) is 3.90. The number of carbonyl (C=O) groups is 1. The van der Waals surface area contributed by atoms with Crippen molar-refractivity contribution in [3.8, 4) is 22.4 Å². The number of amides is 1. The van der Waals surface area contributed by atoms with Gasteiger partial charge in [-0.2, -0.15) is 5.10 Å². The molecule has 5 rings (SSSR count). The lowest BCUT2D eigenvalue weighted by atomic mass is 9.99. The van der Waals surface area contributed by atoms with Crippen LogP contribution in [-0.2, 0) is 7.05 Å². The number of aromatic nitrogens is 4. The topological polar surface area (TPSA) is 89.8 Å². The Morgan fingerprint density at radius 2 is 1.81 bits per heavy atom. The summed E-state index contributed by atoms with van der Waals surface area (Å²) in [4.78, 5) is 30.3. The van der Waals surface area contributed by atoms with E-state index >= 15 is 0 Å². The lowest BCUT2D eigenvalue weighted by molar-refractivity contribution is 0.0946. The van der Waals surface area contributed by atoms with Gasteiger partial charge in [0.05, 0.1) is 11.7 Å². The van der Waals surface area contributed by atoms with Crippen LogP contribution in [0.15, 0.2) is 53.6 Å².